The Kier molecular flexibility index (Phi) is 4.09. The number of aryl methyl sites for hydroxylation is 2. The molecule has 0 fully saturated rings. The van der Waals surface area contributed by atoms with Crippen LogP contribution in [-0.4, -0.2) is 22.3 Å². The molecule has 3 aromatic rings. The van der Waals surface area contributed by atoms with E-state index in [9.17, 15) is 9.90 Å². The molecule has 2 aromatic carbocycles. The summed E-state index contributed by atoms with van der Waals surface area (Å²) in [4.78, 5) is 17.6. The summed E-state index contributed by atoms with van der Waals surface area (Å²) in [5, 5.41) is 10.3. The molecular formula is C19H17NO2S. The predicted octanol–water partition coefficient (Wildman–Crippen LogP) is 4.94. The van der Waals surface area contributed by atoms with E-state index in [-0.39, 0.29) is 0 Å². The Morgan fingerprint density at radius 3 is 2.39 bits per heavy atom. The van der Waals surface area contributed by atoms with Crippen molar-refractivity contribution >= 4 is 28.6 Å². The van der Waals surface area contributed by atoms with Crippen molar-refractivity contribution in [2.45, 2.75) is 18.7 Å². The molecular weight excluding hydrogens is 306 g/mol. The molecule has 1 N–H and O–H groups in total. The smallest absolute Gasteiger partial charge is 0.336 e. The molecule has 3 nitrogen and oxygen atoms in total. The van der Waals surface area contributed by atoms with E-state index < -0.39 is 5.97 Å². The van der Waals surface area contributed by atoms with Gasteiger partial charge in [0.1, 0.15) is 0 Å². The number of hydrogen-bond donors (Lipinski definition) is 1. The van der Waals surface area contributed by atoms with Gasteiger partial charge in [-0.05, 0) is 49.9 Å². The molecule has 0 unspecified atom stereocenters. The first-order valence-corrected chi connectivity index (χ1v) is 8.52. The lowest BCUT2D eigenvalue weighted by atomic mass is 10.00. The van der Waals surface area contributed by atoms with E-state index in [1.165, 1.54) is 4.90 Å². The van der Waals surface area contributed by atoms with Crippen LogP contribution in [0.25, 0.3) is 22.2 Å². The number of aromatic carboxylic acids is 1. The molecule has 0 aliphatic carbocycles. The quantitative estimate of drug-likeness (QED) is 0.694. The molecule has 0 amide bonds. The summed E-state index contributed by atoms with van der Waals surface area (Å²) in [6.07, 6.45) is 2.03. The molecule has 0 aliphatic heterocycles. The van der Waals surface area contributed by atoms with Gasteiger partial charge in [-0.3, -0.25) is 0 Å². The minimum atomic E-state index is -0.926. The van der Waals surface area contributed by atoms with Crippen LogP contribution < -0.4 is 0 Å². The van der Waals surface area contributed by atoms with Gasteiger partial charge < -0.3 is 5.11 Å². The molecule has 0 atom stereocenters. The lowest BCUT2D eigenvalue weighted by Gasteiger charge is -2.10. The largest absolute Gasteiger partial charge is 0.478 e. The van der Waals surface area contributed by atoms with Crippen LogP contribution in [0.4, 0.5) is 0 Å². The summed E-state index contributed by atoms with van der Waals surface area (Å²) >= 11 is 1.67. The zero-order valence-electron chi connectivity index (χ0n) is 13.3. The molecule has 1 aromatic heterocycles. The Morgan fingerprint density at radius 2 is 1.78 bits per heavy atom. The van der Waals surface area contributed by atoms with E-state index in [1.807, 2.05) is 56.5 Å². The number of pyridine rings is 1. The number of aromatic nitrogens is 1. The van der Waals surface area contributed by atoms with Gasteiger partial charge in [0, 0.05) is 15.8 Å². The second kappa shape index (κ2) is 6.05. The predicted molar refractivity (Wildman–Crippen MR) is 95.4 cm³/mol. The van der Waals surface area contributed by atoms with E-state index >= 15 is 0 Å². The fourth-order valence-electron chi connectivity index (χ4n) is 2.77. The highest BCUT2D eigenvalue weighted by molar-refractivity contribution is 7.98. The first-order chi connectivity index (χ1) is 11.0. The number of thioether (sulfide) groups is 1. The van der Waals surface area contributed by atoms with Gasteiger partial charge >= 0.3 is 5.97 Å². The minimum absolute atomic E-state index is 0.297. The average Bonchev–Trinajstić information content (AvgIpc) is 2.54. The minimum Gasteiger partial charge on any atom is -0.478 e. The summed E-state index contributed by atoms with van der Waals surface area (Å²) in [6, 6.07) is 13.6. The average molecular weight is 323 g/mol. The summed E-state index contributed by atoms with van der Waals surface area (Å²) in [7, 11) is 0. The molecule has 1 heterocycles. The number of fused-ring (bicyclic) bond motifs is 1. The molecule has 0 saturated carbocycles. The summed E-state index contributed by atoms with van der Waals surface area (Å²) in [5.74, 6) is -0.926. The van der Waals surface area contributed by atoms with Crippen molar-refractivity contribution in [1.82, 2.24) is 4.98 Å². The first kappa shape index (κ1) is 15.6. The van der Waals surface area contributed by atoms with Gasteiger partial charge in [0.15, 0.2) is 0 Å². The third-order valence-corrected chi connectivity index (χ3v) is 4.61. The Morgan fingerprint density at radius 1 is 1.09 bits per heavy atom. The highest BCUT2D eigenvalue weighted by Crippen LogP contribution is 2.29. The monoisotopic (exact) mass is 323 g/mol. The van der Waals surface area contributed by atoms with Gasteiger partial charge in [0.05, 0.1) is 16.8 Å². The molecule has 0 saturated heterocycles. The summed E-state index contributed by atoms with van der Waals surface area (Å²) in [6.45, 7) is 3.93. The van der Waals surface area contributed by atoms with Gasteiger partial charge in [0.25, 0.3) is 0 Å². The van der Waals surface area contributed by atoms with Crippen LogP contribution in [0.3, 0.4) is 0 Å². The number of carboxylic acids is 1. The molecule has 23 heavy (non-hydrogen) atoms. The maximum atomic E-state index is 11.7. The van der Waals surface area contributed by atoms with E-state index in [1.54, 1.807) is 17.8 Å². The van der Waals surface area contributed by atoms with E-state index in [2.05, 4.69) is 0 Å². The zero-order valence-corrected chi connectivity index (χ0v) is 14.1. The number of carbonyl (C=O) groups is 1. The van der Waals surface area contributed by atoms with Crippen molar-refractivity contribution in [3.05, 3.63) is 59.2 Å². The third-order valence-electron chi connectivity index (χ3n) is 3.86. The number of carboxylic acid groups (broad SMARTS) is 1. The second-order valence-corrected chi connectivity index (χ2v) is 6.45. The van der Waals surface area contributed by atoms with Crippen LogP contribution in [0.15, 0.2) is 47.4 Å². The van der Waals surface area contributed by atoms with Crippen LogP contribution in [0.2, 0.25) is 0 Å². The van der Waals surface area contributed by atoms with Gasteiger partial charge in [0.2, 0.25) is 0 Å². The van der Waals surface area contributed by atoms with Gasteiger partial charge in [-0.1, -0.05) is 23.8 Å². The molecule has 116 valence electrons. The molecule has 0 bridgehead atoms. The van der Waals surface area contributed by atoms with Crippen LogP contribution >= 0.6 is 11.8 Å². The SMILES string of the molecule is CSc1ccc(-c2cc(C(=O)O)c3cc(C)cc(C)c3n2)cc1. The van der Waals surface area contributed by atoms with E-state index in [0.29, 0.717) is 16.6 Å². The van der Waals surface area contributed by atoms with Crippen LogP contribution in [0, 0.1) is 13.8 Å². The van der Waals surface area contributed by atoms with Crippen LogP contribution in [-0.2, 0) is 0 Å². The molecule has 0 spiro atoms. The highest BCUT2D eigenvalue weighted by Gasteiger charge is 2.14. The summed E-state index contributed by atoms with van der Waals surface area (Å²) in [5.41, 5.74) is 4.69. The number of nitrogens with zero attached hydrogens (tertiary/aromatic N) is 1. The lowest BCUT2D eigenvalue weighted by molar-refractivity contribution is 0.0699. The molecule has 0 radical (unpaired) electrons. The Hall–Kier alpha value is -2.33. The zero-order chi connectivity index (χ0) is 16.6. The fraction of sp³-hybridized carbons (Fsp3) is 0.158. The topological polar surface area (TPSA) is 50.2 Å². The Labute approximate surface area is 139 Å². The van der Waals surface area contributed by atoms with Gasteiger partial charge in [-0.25, -0.2) is 9.78 Å². The van der Waals surface area contributed by atoms with Crippen molar-refractivity contribution in [1.29, 1.82) is 0 Å². The third kappa shape index (κ3) is 2.94. The molecule has 0 aliphatic rings. The number of benzene rings is 2. The summed E-state index contributed by atoms with van der Waals surface area (Å²) < 4.78 is 0. The fourth-order valence-corrected chi connectivity index (χ4v) is 3.18. The Balaban J connectivity index is 2.27. The van der Waals surface area contributed by atoms with Crippen molar-refractivity contribution in [2.24, 2.45) is 0 Å². The van der Waals surface area contributed by atoms with Crippen LogP contribution in [0.1, 0.15) is 21.5 Å². The lowest BCUT2D eigenvalue weighted by Crippen LogP contribution is -2.01. The second-order valence-electron chi connectivity index (χ2n) is 5.57. The van der Waals surface area contributed by atoms with Gasteiger partial charge in [-0.15, -0.1) is 11.8 Å². The van der Waals surface area contributed by atoms with Gasteiger partial charge in [-0.2, -0.15) is 0 Å². The standard InChI is InChI=1S/C19H17NO2S/c1-11-8-12(2)18-15(9-11)16(19(21)22)10-17(20-18)13-4-6-14(23-3)7-5-13/h4-10H,1-3H3,(H,21,22). The maximum Gasteiger partial charge on any atom is 0.336 e. The van der Waals surface area contributed by atoms with E-state index in [0.717, 1.165) is 22.2 Å². The number of hydrogen-bond acceptors (Lipinski definition) is 3. The van der Waals surface area contributed by atoms with Crippen molar-refractivity contribution in [2.75, 3.05) is 6.26 Å². The molecule has 3 rings (SSSR count). The van der Waals surface area contributed by atoms with Crippen molar-refractivity contribution in [3.63, 3.8) is 0 Å². The Bertz CT molecular complexity index is 901. The first-order valence-electron chi connectivity index (χ1n) is 7.29. The van der Waals surface area contributed by atoms with Crippen molar-refractivity contribution in [3.8, 4) is 11.3 Å². The van der Waals surface area contributed by atoms with E-state index in [4.69, 9.17) is 4.98 Å². The maximum absolute atomic E-state index is 11.7. The molecule has 4 heteroatoms. The van der Waals surface area contributed by atoms with Crippen LogP contribution in [0.5, 0.6) is 0 Å². The number of rotatable bonds is 3. The van der Waals surface area contributed by atoms with Crippen molar-refractivity contribution < 1.29 is 9.90 Å². The normalized spacial score (nSPS) is 10.9. The highest BCUT2D eigenvalue weighted by atomic mass is 32.2.